The molecule has 0 aromatic heterocycles. The Morgan fingerprint density at radius 1 is 1.26 bits per heavy atom. The number of methoxy groups -OCH3 is 2. The first-order valence-electron chi connectivity index (χ1n) is 6.04. The maximum absolute atomic E-state index is 9.07. The molecule has 0 heterocycles. The summed E-state index contributed by atoms with van der Waals surface area (Å²) in [5.74, 6) is 1.79. The molecule has 5 heteroatoms. The third-order valence-corrected chi connectivity index (χ3v) is 3.03. The Kier molecular flexibility index (Phi) is 5.46. The van der Waals surface area contributed by atoms with Crippen molar-refractivity contribution in [3.63, 3.8) is 0 Å². The van der Waals surface area contributed by atoms with Crippen LogP contribution in [0.15, 0.2) is 18.2 Å². The molecule has 0 spiro atoms. The van der Waals surface area contributed by atoms with Crippen molar-refractivity contribution >= 4 is 0 Å². The summed E-state index contributed by atoms with van der Waals surface area (Å²) in [5.41, 5.74) is -0.602. The average Bonchev–Trinajstić information content (AvgIpc) is 2.46. The first kappa shape index (κ1) is 15.1. The van der Waals surface area contributed by atoms with Crippen molar-refractivity contribution in [2.75, 3.05) is 27.9 Å². The van der Waals surface area contributed by atoms with Gasteiger partial charge in [0.05, 0.1) is 26.9 Å². The summed E-state index contributed by atoms with van der Waals surface area (Å²) in [5, 5.41) is 12.0. The predicted molar refractivity (Wildman–Crippen MR) is 72.7 cm³/mol. The molecule has 0 bridgehead atoms. The van der Waals surface area contributed by atoms with Crippen LogP contribution >= 0.6 is 0 Å². The van der Waals surface area contributed by atoms with Crippen LogP contribution in [0.3, 0.4) is 0 Å². The zero-order chi connectivity index (χ0) is 14.3. The number of nitriles is 1. The highest BCUT2D eigenvalue weighted by molar-refractivity contribution is 5.51. The number of nitrogens with zero attached hydrogens (tertiary/aromatic N) is 1. The van der Waals surface area contributed by atoms with E-state index in [2.05, 4.69) is 11.4 Å². The van der Waals surface area contributed by atoms with Crippen LogP contribution in [-0.4, -0.2) is 33.4 Å². The molecule has 1 unspecified atom stereocenters. The van der Waals surface area contributed by atoms with Gasteiger partial charge in [0.2, 0.25) is 5.75 Å². The first-order valence-corrected chi connectivity index (χ1v) is 6.04. The Morgan fingerprint density at radius 2 is 1.84 bits per heavy atom. The van der Waals surface area contributed by atoms with E-state index in [1.54, 1.807) is 33.4 Å². The minimum atomic E-state index is -0.602. The molecule has 0 aliphatic heterocycles. The molecule has 1 atom stereocenters. The summed E-state index contributed by atoms with van der Waals surface area (Å²) >= 11 is 0. The van der Waals surface area contributed by atoms with Crippen molar-refractivity contribution in [1.29, 1.82) is 5.26 Å². The van der Waals surface area contributed by atoms with Gasteiger partial charge in [-0.3, -0.25) is 0 Å². The molecule has 0 amide bonds. The summed E-state index contributed by atoms with van der Waals surface area (Å²) in [7, 11) is 4.91. The van der Waals surface area contributed by atoms with Crippen molar-refractivity contribution in [1.82, 2.24) is 5.32 Å². The quantitative estimate of drug-likeness (QED) is 0.815. The fourth-order valence-electron chi connectivity index (χ4n) is 1.55. The van der Waals surface area contributed by atoms with Crippen molar-refractivity contribution < 1.29 is 14.2 Å². The molecule has 1 aromatic carbocycles. The summed E-state index contributed by atoms with van der Waals surface area (Å²) in [6.07, 6.45) is 0.557. The van der Waals surface area contributed by atoms with Crippen molar-refractivity contribution in [3.8, 4) is 23.3 Å². The largest absolute Gasteiger partial charge is 0.493 e. The van der Waals surface area contributed by atoms with Gasteiger partial charge in [-0.15, -0.1) is 0 Å². The van der Waals surface area contributed by atoms with Crippen molar-refractivity contribution in [3.05, 3.63) is 18.2 Å². The van der Waals surface area contributed by atoms with Gasteiger partial charge in [0.1, 0.15) is 5.54 Å². The highest BCUT2D eigenvalue weighted by Gasteiger charge is 2.21. The summed E-state index contributed by atoms with van der Waals surface area (Å²) in [6, 6.07) is 7.66. The number of nitrogens with one attached hydrogen (secondary N) is 1. The van der Waals surface area contributed by atoms with Crippen molar-refractivity contribution in [2.24, 2.45) is 0 Å². The minimum Gasteiger partial charge on any atom is -0.493 e. The fraction of sp³-hybridized carbons (Fsp3) is 0.500. The highest BCUT2D eigenvalue weighted by atomic mass is 16.5. The van der Waals surface area contributed by atoms with Crippen LogP contribution in [0, 0.1) is 11.3 Å². The molecular formula is C14H20N2O3. The van der Waals surface area contributed by atoms with E-state index < -0.39 is 5.54 Å². The van der Waals surface area contributed by atoms with Gasteiger partial charge in [0.15, 0.2) is 11.5 Å². The molecule has 0 saturated carbocycles. The van der Waals surface area contributed by atoms with Crippen LogP contribution in [0.4, 0.5) is 0 Å². The lowest BCUT2D eigenvalue weighted by Gasteiger charge is -2.21. The Balaban J connectivity index is 2.75. The second kappa shape index (κ2) is 6.86. The zero-order valence-electron chi connectivity index (χ0n) is 11.8. The second-order valence-electron chi connectivity index (χ2n) is 4.28. The smallest absolute Gasteiger partial charge is 0.203 e. The minimum absolute atomic E-state index is 0.391. The molecule has 0 radical (unpaired) electrons. The lowest BCUT2D eigenvalue weighted by atomic mass is 10.0. The SMILES string of the molecule is CNC(C)(C#N)CCOc1c(OC)cccc1OC. The zero-order valence-corrected chi connectivity index (χ0v) is 11.8. The number of benzene rings is 1. The Bertz CT molecular complexity index is 434. The van der Waals surface area contributed by atoms with E-state index >= 15 is 0 Å². The lowest BCUT2D eigenvalue weighted by Crippen LogP contribution is -2.39. The van der Waals surface area contributed by atoms with E-state index in [9.17, 15) is 0 Å². The maximum atomic E-state index is 9.07. The monoisotopic (exact) mass is 264 g/mol. The molecule has 19 heavy (non-hydrogen) atoms. The normalized spacial score (nSPS) is 13.2. The third kappa shape index (κ3) is 3.76. The van der Waals surface area contributed by atoms with E-state index in [4.69, 9.17) is 19.5 Å². The summed E-state index contributed by atoms with van der Waals surface area (Å²) < 4.78 is 16.2. The Labute approximate surface area is 114 Å². The third-order valence-electron chi connectivity index (χ3n) is 3.03. The van der Waals surface area contributed by atoms with Crippen LogP contribution in [-0.2, 0) is 0 Å². The number of hydrogen-bond acceptors (Lipinski definition) is 5. The van der Waals surface area contributed by atoms with Crippen LogP contribution in [0.1, 0.15) is 13.3 Å². The first-order chi connectivity index (χ1) is 9.10. The standard InChI is InChI=1S/C14H20N2O3/c1-14(10-15,16-2)8-9-19-13-11(17-3)6-5-7-12(13)18-4/h5-7,16H,8-9H2,1-4H3. The molecule has 0 aliphatic rings. The van der Waals surface area contributed by atoms with Gasteiger partial charge in [0.25, 0.3) is 0 Å². The number of para-hydroxylation sites is 1. The number of rotatable bonds is 7. The van der Waals surface area contributed by atoms with E-state index in [1.807, 2.05) is 13.0 Å². The van der Waals surface area contributed by atoms with Gasteiger partial charge < -0.3 is 19.5 Å². The van der Waals surface area contributed by atoms with Gasteiger partial charge in [0, 0.05) is 6.42 Å². The maximum Gasteiger partial charge on any atom is 0.203 e. The van der Waals surface area contributed by atoms with Crippen LogP contribution in [0.25, 0.3) is 0 Å². The van der Waals surface area contributed by atoms with E-state index in [0.29, 0.717) is 30.3 Å². The molecule has 1 rings (SSSR count). The van der Waals surface area contributed by atoms with E-state index in [-0.39, 0.29) is 0 Å². The molecule has 5 nitrogen and oxygen atoms in total. The van der Waals surface area contributed by atoms with Gasteiger partial charge in [-0.25, -0.2) is 0 Å². The molecular weight excluding hydrogens is 244 g/mol. The fourth-order valence-corrected chi connectivity index (χ4v) is 1.55. The highest BCUT2D eigenvalue weighted by Crippen LogP contribution is 2.36. The van der Waals surface area contributed by atoms with Crippen LogP contribution < -0.4 is 19.5 Å². The topological polar surface area (TPSA) is 63.5 Å². The van der Waals surface area contributed by atoms with Gasteiger partial charge >= 0.3 is 0 Å². The van der Waals surface area contributed by atoms with E-state index in [0.717, 1.165) is 0 Å². The van der Waals surface area contributed by atoms with Crippen LogP contribution in [0.2, 0.25) is 0 Å². The molecule has 0 saturated heterocycles. The van der Waals surface area contributed by atoms with Gasteiger partial charge in [-0.2, -0.15) is 5.26 Å². The molecule has 104 valence electrons. The number of ether oxygens (including phenoxy) is 3. The van der Waals surface area contributed by atoms with Gasteiger partial charge in [-0.1, -0.05) is 6.07 Å². The lowest BCUT2D eigenvalue weighted by molar-refractivity contribution is 0.247. The molecule has 1 N–H and O–H groups in total. The van der Waals surface area contributed by atoms with Crippen LogP contribution in [0.5, 0.6) is 17.2 Å². The van der Waals surface area contributed by atoms with Gasteiger partial charge in [-0.05, 0) is 26.1 Å². The average molecular weight is 264 g/mol. The molecule has 0 aliphatic carbocycles. The summed E-state index contributed by atoms with van der Waals surface area (Å²) in [4.78, 5) is 0. The second-order valence-corrected chi connectivity index (χ2v) is 4.28. The number of hydrogen-bond donors (Lipinski definition) is 1. The molecule has 0 fully saturated rings. The molecule has 1 aromatic rings. The predicted octanol–water partition coefficient (Wildman–Crippen LogP) is 1.97. The van der Waals surface area contributed by atoms with Crippen molar-refractivity contribution in [2.45, 2.75) is 18.9 Å². The van der Waals surface area contributed by atoms with E-state index in [1.165, 1.54) is 0 Å². The summed E-state index contributed by atoms with van der Waals surface area (Å²) in [6.45, 7) is 2.22. The Hall–Kier alpha value is -1.93. The Morgan fingerprint density at radius 3 is 2.26 bits per heavy atom.